The van der Waals surface area contributed by atoms with Gasteiger partial charge in [0.15, 0.2) is 0 Å². The van der Waals surface area contributed by atoms with E-state index in [2.05, 4.69) is 124 Å². The van der Waals surface area contributed by atoms with Crippen molar-refractivity contribution in [3.05, 3.63) is 119 Å². The van der Waals surface area contributed by atoms with Crippen LogP contribution in [0.2, 0.25) is 0 Å². The Hall–Kier alpha value is -5.18. The van der Waals surface area contributed by atoms with E-state index >= 15 is 0 Å². The van der Waals surface area contributed by atoms with Crippen molar-refractivity contribution in [1.82, 2.24) is 41.3 Å². The van der Waals surface area contributed by atoms with Crippen molar-refractivity contribution in [2.45, 2.75) is 136 Å². The lowest BCUT2D eigenvalue weighted by Gasteiger charge is -2.39. The highest BCUT2D eigenvalue weighted by Crippen LogP contribution is 2.32. The monoisotopic (exact) mass is 915 g/mol. The van der Waals surface area contributed by atoms with Gasteiger partial charge in [0, 0.05) is 67.9 Å². The molecule has 0 spiro atoms. The van der Waals surface area contributed by atoms with Crippen LogP contribution in [0, 0.1) is 12.3 Å². The summed E-state index contributed by atoms with van der Waals surface area (Å²) in [5.41, 5.74) is 14.6. The summed E-state index contributed by atoms with van der Waals surface area (Å²) in [7, 11) is 0. The first-order valence-electron chi connectivity index (χ1n) is 23.9. The number of nitrogens with one attached hydrogen (secondary N) is 5. The zero-order valence-corrected chi connectivity index (χ0v) is 40.4. The second kappa shape index (κ2) is 22.5. The standard InChI is InChI=1S/C53H70N8O4S/c1-7-27-56-59-48(63)25-20-37-16-18-38(19-17-37)32-60(28-26-41-31-54-46-15-11-10-14-45(41)46)43-13-9-8-12-42(29-43)58-50(53(4,5)6)52(65)61-33-44(62)30-47(61)51(64)57-35(2)39-21-23-40(24-22-39)49-36(3)55-34-66-49/h10-11,14-25,31,34-35,42-44,47,50,54,56,58,62H,7-9,12-13,26-30,32-33H2,1-6H3,(H,57,64)(H,59,63)/b25-20+/t35-,42?,43?,44+,47-,50+/m0/s1. The number of likely N-dealkylation sites (tertiary alicyclic amines) is 1. The molecule has 0 radical (unpaired) electrons. The van der Waals surface area contributed by atoms with Crippen molar-refractivity contribution in [3.63, 3.8) is 0 Å². The number of thiazole rings is 1. The van der Waals surface area contributed by atoms with Crippen molar-refractivity contribution in [1.29, 1.82) is 0 Å². The number of para-hydroxylation sites is 1. The van der Waals surface area contributed by atoms with E-state index in [0.29, 0.717) is 6.54 Å². The molecule has 2 fully saturated rings. The highest BCUT2D eigenvalue weighted by Gasteiger charge is 2.45. The van der Waals surface area contributed by atoms with Crippen molar-refractivity contribution >= 4 is 46.0 Å². The lowest BCUT2D eigenvalue weighted by Crippen LogP contribution is -2.59. The largest absolute Gasteiger partial charge is 0.391 e. The molecule has 6 N–H and O–H groups in total. The smallest absolute Gasteiger partial charge is 0.258 e. The van der Waals surface area contributed by atoms with Gasteiger partial charge < -0.3 is 25.6 Å². The maximum Gasteiger partial charge on any atom is 0.258 e. The molecule has 13 heteroatoms. The molecule has 66 heavy (non-hydrogen) atoms. The number of nitrogens with zero attached hydrogens (tertiary/aromatic N) is 3. The van der Waals surface area contributed by atoms with E-state index in [1.807, 2.05) is 44.5 Å². The summed E-state index contributed by atoms with van der Waals surface area (Å²) in [6.07, 6.45) is 11.8. The molecule has 5 aromatic rings. The summed E-state index contributed by atoms with van der Waals surface area (Å²) < 4.78 is 0. The molecule has 2 aromatic heterocycles. The van der Waals surface area contributed by atoms with Crippen LogP contribution in [-0.2, 0) is 27.3 Å². The molecule has 3 aromatic carbocycles. The van der Waals surface area contributed by atoms with Gasteiger partial charge in [-0.05, 0) is 91.3 Å². The number of rotatable bonds is 18. The predicted octanol–water partition coefficient (Wildman–Crippen LogP) is 8.23. The number of aryl methyl sites for hydroxylation is 1. The average molecular weight is 915 g/mol. The quantitative estimate of drug-likeness (QED) is 0.0223. The van der Waals surface area contributed by atoms with Crippen molar-refractivity contribution in [2.75, 3.05) is 19.6 Å². The lowest BCUT2D eigenvalue weighted by molar-refractivity contribution is -0.142. The fourth-order valence-electron chi connectivity index (χ4n) is 9.56. The van der Waals surface area contributed by atoms with E-state index < -0.39 is 23.6 Å². The molecule has 12 nitrogen and oxygen atoms in total. The van der Waals surface area contributed by atoms with Crippen LogP contribution in [0.25, 0.3) is 27.4 Å². The van der Waals surface area contributed by atoms with Crippen LogP contribution in [0.3, 0.4) is 0 Å². The van der Waals surface area contributed by atoms with Crippen LogP contribution in [0.4, 0.5) is 0 Å². The second-order valence-corrected chi connectivity index (χ2v) is 20.3. The number of carbonyl (C=O) groups excluding carboxylic acids is 3. The van der Waals surface area contributed by atoms with Gasteiger partial charge in [-0.2, -0.15) is 0 Å². The van der Waals surface area contributed by atoms with Gasteiger partial charge in [-0.15, -0.1) is 11.3 Å². The fourth-order valence-corrected chi connectivity index (χ4v) is 10.4. The number of carbonyl (C=O) groups is 3. The Bertz CT molecular complexity index is 2400. The third-order valence-electron chi connectivity index (χ3n) is 13.3. The first kappa shape index (κ1) is 48.7. The van der Waals surface area contributed by atoms with Crippen molar-refractivity contribution in [2.24, 2.45) is 5.41 Å². The summed E-state index contributed by atoms with van der Waals surface area (Å²) in [6, 6.07) is 23.8. The van der Waals surface area contributed by atoms with Gasteiger partial charge in [0.1, 0.15) is 6.04 Å². The van der Waals surface area contributed by atoms with Crippen molar-refractivity contribution < 1.29 is 19.5 Å². The topological polar surface area (TPSA) is 155 Å². The van der Waals surface area contributed by atoms with E-state index in [4.69, 9.17) is 0 Å². The van der Waals surface area contributed by atoms with Crippen LogP contribution in [0.5, 0.6) is 0 Å². The Morgan fingerprint density at radius 3 is 2.50 bits per heavy atom. The highest BCUT2D eigenvalue weighted by atomic mass is 32.1. The minimum absolute atomic E-state index is 0.0725. The molecule has 1 aliphatic carbocycles. The van der Waals surface area contributed by atoms with Crippen LogP contribution >= 0.6 is 11.3 Å². The third-order valence-corrected chi connectivity index (χ3v) is 14.3. The number of fused-ring (bicyclic) bond motifs is 1. The van der Waals surface area contributed by atoms with Crippen molar-refractivity contribution in [3.8, 4) is 10.4 Å². The lowest BCUT2D eigenvalue weighted by atomic mass is 9.84. The molecule has 1 saturated heterocycles. The third kappa shape index (κ3) is 12.6. The number of amides is 3. The number of aromatic amines is 1. The van der Waals surface area contributed by atoms with E-state index in [1.54, 1.807) is 22.3 Å². The SMILES string of the molecule is CCCNNC(=O)/C=C/c1ccc(CN(CCc2c[nH]c3ccccc23)C2CCCCC(N[C@H](C(=O)N3C[C@H](O)C[C@H]3C(=O)N[C@@H](C)c3ccc(-c4scnc4C)cc3)C(C)(C)C)C2)cc1. The maximum absolute atomic E-state index is 14.8. The number of benzene rings is 3. The van der Waals surface area contributed by atoms with Gasteiger partial charge in [0.25, 0.3) is 5.91 Å². The number of hydrazine groups is 1. The number of H-pyrrole nitrogens is 1. The first-order chi connectivity index (χ1) is 31.8. The average Bonchev–Trinajstić information content (AvgIpc) is 3.99. The van der Waals surface area contributed by atoms with Crippen LogP contribution in [0.1, 0.15) is 114 Å². The zero-order chi connectivity index (χ0) is 46.8. The summed E-state index contributed by atoms with van der Waals surface area (Å²) in [6.45, 7) is 14.7. The molecular weight excluding hydrogens is 845 g/mol. The molecule has 2 aliphatic rings. The Balaban J connectivity index is 1.04. The van der Waals surface area contributed by atoms with Gasteiger partial charge in [-0.25, -0.2) is 10.4 Å². The molecule has 1 saturated carbocycles. The van der Waals surface area contributed by atoms with Crippen LogP contribution < -0.4 is 21.5 Å². The maximum atomic E-state index is 14.8. The molecule has 0 bridgehead atoms. The first-order valence-corrected chi connectivity index (χ1v) is 24.8. The Kier molecular flexibility index (Phi) is 16.6. The molecule has 352 valence electrons. The summed E-state index contributed by atoms with van der Waals surface area (Å²) in [5, 5.41) is 19.3. The van der Waals surface area contributed by atoms with Gasteiger partial charge in [-0.1, -0.05) is 107 Å². The summed E-state index contributed by atoms with van der Waals surface area (Å²) in [5.74, 6) is -0.578. The van der Waals surface area contributed by atoms with Crippen LogP contribution in [0.15, 0.2) is 90.6 Å². The number of aromatic nitrogens is 2. The Morgan fingerprint density at radius 1 is 1.02 bits per heavy atom. The molecule has 3 amide bonds. The fraction of sp³-hybridized carbons (Fsp3) is 0.472. The molecule has 3 heterocycles. The molecule has 6 atom stereocenters. The Morgan fingerprint density at radius 2 is 1.77 bits per heavy atom. The van der Waals surface area contributed by atoms with E-state index in [1.165, 1.54) is 16.5 Å². The minimum Gasteiger partial charge on any atom is -0.391 e. The van der Waals surface area contributed by atoms with Gasteiger partial charge in [-0.3, -0.25) is 24.7 Å². The Labute approximate surface area is 395 Å². The normalized spacial score (nSPS) is 20.2. The van der Waals surface area contributed by atoms with Gasteiger partial charge in [0.05, 0.1) is 34.3 Å². The number of hydrogen-bond acceptors (Lipinski definition) is 9. The number of β-amino-alcohol motifs (C(OH)–C–C–N with tert-alkyl or cyclic N) is 1. The van der Waals surface area contributed by atoms with Gasteiger partial charge in [0.2, 0.25) is 11.8 Å². The molecular formula is C53H70N8O4S. The molecule has 2 unspecified atom stereocenters. The van der Waals surface area contributed by atoms with E-state index in [0.717, 1.165) is 90.8 Å². The number of hydrogen-bond donors (Lipinski definition) is 6. The molecule has 7 rings (SSSR count). The highest BCUT2D eigenvalue weighted by molar-refractivity contribution is 7.13. The predicted molar refractivity (Wildman–Crippen MR) is 266 cm³/mol. The number of aliphatic hydroxyl groups excluding tert-OH is 1. The zero-order valence-electron chi connectivity index (χ0n) is 39.6. The summed E-state index contributed by atoms with van der Waals surface area (Å²) in [4.78, 5) is 54.4. The number of aliphatic hydroxyl groups is 1. The summed E-state index contributed by atoms with van der Waals surface area (Å²) >= 11 is 1.61. The van der Waals surface area contributed by atoms with Gasteiger partial charge >= 0.3 is 0 Å². The molecule has 1 aliphatic heterocycles. The van der Waals surface area contributed by atoms with E-state index in [-0.39, 0.29) is 48.8 Å². The second-order valence-electron chi connectivity index (χ2n) is 19.4. The minimum atomic E-state index is -0.784. The van der Waals surface area contributed by atoms with Crippen LogP contribution in [-0.4, -0.2) is 92.5 Å². The van der Waals surface area contributed by atoms with E-state index in [9.17, 15) is 19.5 Å².